The molecule has 0 aliphatic carbocycles. The van der Waals surface area contributed by atoms with Gasteiger partial charge >= 0.3 is 0 Å². The minimum Gasteiger partial charge on any atom is -0.495 e. The van der Waals surface area contributed by atoms with Crippen molar-refractivity contribution >= 4 is 10.0 Å². The Balaban J connectivity index is 2.93. The van der Waals surface area contributed by atoms with E-state index in [-0.39, 0.29) is 11.4 Å². The normalized spacial score (nSPS) is 11.6. The van der Waals surface area contributed by atoms with Gasteiger partial charge in [0.15, 0.2) is 0 Å². The number of ether oxygens (including phenoxy) is 2. The van der Waals surface area contributed by atoms with Crippen LogP contribution in [0.15, 0.2) is 23.1 Å². The molecule has 6 nitrogen and oxygen atoms in total. The molecule has 0 unspecified atom stereocenters. The summed E-state index contributed by atoms with van der Waals surface area (Å²) in [5.74, 6) is 0.328. The van der Waals surface area contributed by atoms with Crippen LogP contribution in [0.5, 0.6) is 5.75 Å². The summed E-state index contributed by atoms with van der Waals surface area (Å²) in [5, 5.41) is 2.98. The van der Waals surface area contributed by atoms with Crippen LogP contribution in [0.2, 0.25) is 0 Å². The molecular weight excluding hydrogens is 280 g/mol. The molecule has 0 heterocycles. The van der Waals surface area contributed by atoms with Crippen molar-refractivity contribution in [1.82, 2.24) is 10.0 Å². The topological polar surface area (TPSA) is 76.7 Å². The van der Waals surface area contributed by atoms with E-state index in [0.717, 1.165) is 5.56 Å². The summed E-state index contributed by atoms with van der Waals surface area (Å²) in [5.41, 5.74) is 0.874. The highest BCUT2D eigenvalue weighted by molar-refractivity contribution is 7.89. The van der Waals surface area contributed by atoms with Gasteiger partial charge in [-0.2, -0.15) is 0 Å². The maximum absolute atomic E-state index is 12.3. The summed E-state index contributed by atoms with van der Waals surface area (Å²) in [4.78, 5) is 0.143. The Morgan fingerprint density at radius 3 is 2.65 bits per heavy atom. The molecule has 1 rings (SSSR count). The van der Waals surface area contributed by atoms with Gasteiger partial charge < -0.3 is 14.8 Å². The number of benzene rings is 1. The van der Waals surface area contributed by atoms with Gasteiger partial charge in [0.2, 0.25) is 10.0 Å². The van der Waals surface area contributed by atoms with Crippen LogP contribution in [0.1, 0.15) is 12.5 Å². The van der Waals surface area contributed by atoms with Crippen molar-refractivity contribution in [2.45, 2.75) is 18.4 Å². The molecule has 0 aliphatic heterocycles. The van der Waals surface area contributed by atoms with Gasteiger partial charge in [-0.3, -0.25) is 0 Å². The van der Waals surface area contributed by atoms with E-state index in [4.69, 9.17) is 9.47 Å². The number of sulfonamides is 1. The molecular formula is C13H22N2O4S. The summed E-state index contributed by atoms with van der Waals surface area (Å²) in [6.45, 7) is 3.58. The Morgan fingerprint density at radius 1 is 1.30 bits per heavy atom. The first-order valence-corrected chi connectivity index (χ1v) is 7.92. The highest BCUT2D eigenvalue weighted by Gasteiger charge is 2.19. The van der Waals surface area contributed by atoms with Crippen LogP contribution in [0.3, 0.4) is 0 Å². The van der Waals surface area contributed by atoms with E-state index in [0.29, 0.717) is 25.5 Å². The lowest BCUT2D eigenvalue weighted by Gasteiger charge is -2.12. The monoisotopic (exact) mass is 302 g/mol. The Labute approximate surface area is 120 Å². The van der Waals surface area contributed by atoms with E-state index in [9.17, 15) is 8.42 Å². The summed E-state index contributed by atoms with van der Waals surface area (Å²) in [7, 11) is -0.352. The van der Waals surface area contributed by atoms with Crippen molar-refractivity contribution < 1.29 is 17.9 Å². The zero-order chi connectivity index (χ0) is 15.0. The SMILES string of the molecule is CCOCCNS(=O)(=O)c1cc(CNC)ccc1OC. The van der Waals surface area contributed by atoms with E-state index in [2.05, 4.69) is 10.0 Å². The second-order valence-electron chi connectivity index (χ2n) is 4.11. The van der Waals surface area contributed by atoms with Gasteiger partial charge in [-0.1, -0.05) is 6.07 Å². The van der Waals surface area contributed by atoms with Gasteiger partial charge in [-0.05, 0) is 31.7 Å². The largest absolute Gasteiger partial charge is 0.495 e. The first kappa shape index (κ1) is 16.9. The molecule has 0 spiro atoms. The van der Waals surface area contributed by atoms with Gasteiger partial charge in [0.1, 0.15) is 10.6 Å². The first-order valence-electron chi connectivity index (χ1n) is 6.44. The fourth-order valence-electron chi connectivity index (χ4n) is 1.72. The summed E-state index contributed by atoms with van der Waals surface area (Å²) in [6, 6.07) is 5.09. The van der Waals surface area contributed by atoms with Crippen LogP contribution < -0.4 is 14.8 Å². The van der Waals surface area contributed by atoms with Crippen molar-refractivity contribution in [2.24, 2.45) is 0 Å². The minimum atomic E-state index is -3.61. The van der Waals surface area contributed by atoms with Crippen molar-refractivity contribution in [3.8, 4) is 5.75 Å². The average molecular weight is 302 g/mol. The van der Waals surface area contributed by atoms with Crippen molar-refractivity contribution in [2.75, 3.05) is 33.9 Å². The molecule has 0 saturated heterocycles. The molecule has 114 valence electrons. The quantitative estimate of drug-likeness (QED) is 0.658. The fraction of sp³-hybridized carbons (Fsp3) is 0.538. The average Bonchev–Trinajstić information content (AvgIpc) is 2.44. The molecule has 1 aromatic rings. The summed E-state index contributed by atoms with van der Waals surface area (Å²) in [6.07, 6.45) is 0. The van der Waals surface area contributed by atoms with Crippen LogP contribution in [-0.4, -0.2) is 42.3 Å². The smallest absolute Gasteiger partial charge is 0.244 e. The van der Waals surface area contributed by atoms with E-state index in [1.807, 2.05) is 13.0 Å². The molecule has 0 radical (unpaired) electrons. The van der Waals surface area contributed by atoms with E-state index in [1.165, 1.54) is 7.11 Å². The van der Waals surface area contributed by atoms with Gasteiger partial charge in [-0.25, -0.2) is 13.1 Å². The third kappa shape index (κ3) is 4.75. The zero-order valence-corrected chi connectivity index (χ0v) is 12.9. The van der Waals surface area contributed by atoms with Gasteiger partial charge in [0, 0.05) is 19.7 Å². The molecule has 0 fully saturated rings. The third-order valence-electron chi connectivity index (χ3n) is 2.64. The van der Waals surface area contributed by atoms with Crippen LogP contribution >= 0.6 is 0 Å². The Kier molecular flexibility index (Phi) is 6.94. The molecule has 0 amide bonds. The van der Waals surface area contributed by atoms with Crippen LogP contribution in [0.4, 0.5) is 0 Å². The maximum Gasteiger partial charge on any atom is 0.244 e. The number of hydrogen-bond acceptors (Lipinski definition) is 5. The standard InChI is InChI=1S/C13H22N2O4S/c1-4-19-8-7-15-20(16,17)13-9-11(10-14-2)5-6-12(13)18-3/h5-6,9,14-15H,4,7-8,10H2,1-3H3. The predicted octanol–water partition coefficient (Wildman–Crippen LogP) is 0.729. The number of hydrogen-bond donors (Lipinski definition) is 2. The molecule has 1 aromatic carbocycles. The van der Waals surface area contributed by atoms with Gasteiger partial charge in [-0.15, -0.1) is 0 Å². The lowest BCUT2D eigenvalue weighted by atomic mass is 10.2. The summed E-state index contributed by atoms with van der Waals surface area (Å²) < 4.78 is 37.3. The van der Waals surface area contributed by atoms with Crippen molar-refractivity contribution in [1.29, 1.82) is 0 Å². The van der Waals surface area contributed by atoms with Crippen LogP contribution in [0, 0.1) is 0 Å². The second-order valence-corrected chi connectivity index (χ2v) is 5.85. The zero-order valence-electron chi connectivity index (χ0n) is 12.1. The molecule has 7 heteroatoms. The molecule has 2 N–H and O–H groups in total. The number of methoxy groups -OCH3 is 1. The summed E-state index contributed by atoms with van der Waals surface area (Å²) >= 11 is 0. The fourth-order valence-corrected chi connectivity index (χ4v) is 2.95. The molecule has 0 bridgehead atoms. The second kappa shape index (κ2) is 8.21. The van der Waals surface area contributed by atoms with Crippen LogP contribution in [-0.2, 0) is 21.3 Å². The van der Waals surface area contributed by atoms with E-state index >= 15 is 0 Å². The number of rotatable bonds is 9. The lowest BCUT2D eigenvalue weighted by molar-refractivity contribution is 0.153. The first-order chi connectivity index (χ1) is 9.55. The molecule has 0 atom stereocenters. The minimum absolute atomic E-state index is 0.143. The number of nitrogens with one attached hydrogen (secondary N) is 2. The predicted molar refractivity (Wildman–Crippen MR) is 77.4 cm³/mol. The van der Waals surface area contributed by atoms with E-state index < -0.39 is 10.0 Å². The molecule has 0 aromatic heterocycles. The highest BCUT2D eigenvalue weighted by atomic mass is 32.2. The van der Waals surface area contributed by atoms with Crippen LogP contribution in [0.25, 0.3) is 0 Å². The molecule has 0 saturated carbocycles. The van der Waals surface area contributed by atoms with Crippen molar-refractivity contribution in [3.63, 3.8) is 0 Å². The Hall–Kier alpha value is -1.15. The molecule has 0 aliphatic rings. The van der Waals surface area contributed by atoms with Crippen molar-refractivity contribution in [3.05, 3.63) is 23.8 Å². The van der Waals surface area contributed by atoms with Gasteiger partial charge in [0.25, 0.3) is 0 Å². The lowest BCUT2D eigenvalue weighted by Crippen LogP contribution is -2.28. The van der Waals surface area contributed by atoms with E-state index in [1.54, 1.807) is 19.2 Å². The maximum atomic E-state index is 12.3. The third-order valence-corrected chi connectivity index (χ3v) is 4.12. The van der Waals surface area contributed by atoms with Gasteiger partial charge in [0.05, 0.1) is 13.7 Å². The highest BCUT2D eigenvalue weighted by Crippen LogP contribution is 2.24. The Morgan fingerprint density at radius 2 is 2.05 bits per heavy atom. The molecule has 20 heavy (non-hydrogen) atoms. The Bertz CT molecular complexity index is 517.